The van der Waals surface area contributed by atoms with Crippen molar-refractivity contribution in [2.75, 3.05) is 26.4 Å². The summed E-state index contributed by atoms with van der Waals surface area (Å²) in [6.07, 6.45) is 1.58. The molecular formula is C18H20BrNO6S. The summed E-state index contributed by atoms with van der Waals surface area (Å²) in [5.74, 6) is -0.0397. The van der Waals surface area contributed by atoms with Gasteiger partial charge in [0.15, 0.2) is 11.5 Å². The van der Waals surface area contributed by atoms with E-state index in [4.69, 9.17) is 14.2 Å². The van der Waals surface area contributed by atoms with Crippen molar-refractivity contribution in [2.24, 2.45) is 0 Å². The normalized spacial score (nSPS) is 15.4. The summed E-state index contributed by atoms with van der Waals surface area (Å²) in [7, 11) is 0. The molecule has 27 heavy (non-hydrogen) atoms. The minimum atomic E-state index is -0.622. The van der Waals surface area contributed by atoms with Gasteiger partial charge in [0.25, 0.3) is 11.1 Å². The first-order valence-electron chi connectivity index (χ1n) is 8.41. The number of rotatable bonds is 8. The second kappa shape index (κ2) is 9.80. The van der Waals surface area contributed by atoms with Gasteiger partial charge in [-0.3, -0.25) is 19.3 Å². The number of hydrogen-bond acceptors (Lipinski definition) is 7. The van der Waals surface area contributed by atoms with Gasteiger partial charge >= 0.3 is 5.97 Å². The number of halogens is 1. The third-order valence-corrected chi connectivity index (χ3v) is 4.88. The van der Waals surface area contributed by atoms with Gasteiger partial charge in [-0.05, 0) is 72.2 Å². The van der Waals surface area contributed by atoms with Crippen LogP contribution in [0.4, 0.5) is 4.79 Å². The number of nitrogens with zero attached hydrogens (tertiary/aromatic N) is 1. The van der Waals surface area contributed by atoms with E-state index in [0.29, 0.717) is 34.7 Å². The average molecular weight is 458 g/mol. The van der Waals surface area contributed by atoms with E-state index in [0.717, 1.165) is 16.7 Å². The number of amides is 2. The number of ether oxygens (including phenoxy) is 3. The molecule has 7 nitrogen and oxygen atoms in total. The lowest BCUT2D eigenvalue weighted by atomic mass is 10.2. The minimum Gasteiger partial charge on any atom is -0.490 e. The van der Waals surface area contributed by atoms with Crippen molar-refractivity contribution in [2.45, 2.75) is 20.8 Å². The molecule has 0 bridgehead atoms. The summed E-state index contributed by atoms with van der Waals surface area (Å²) in [5, 5.41) is -0.505. The first-order valence-corrected chi connectivity index (χ1v) is 10.0. The number of carbonyl (C=O) groups excluding carboxylic acids is 3. The first-order chi connectivity index (χ1) is 12.9. The molecule has 0 aromatic heterocycles. The number of esters is 1. The van der Waals surface area contributed by atoms with E-state index >= 15 is 0 Å². The van der Waals surface area contributed by atoms with Gasteiger partial charge in [0, 0.05) is 0 Å². The van der Waals surface area contributed by atoms with Crippen molar-refractivity contribution < 1.29 is 28.6 Å². The van der Waals surface area contributed by atoms with Gasteiger partial charge in [-0.25, -0.2) is 0 Å². The molecule has 0 saturated carbocycles. The fraction of sp³-hybridized carbons (Fsp3) is 0.389. The first kappa shape index (κ1) is 21.3. The van der Waals surface area contributed by atoms with Crippen molar-refractivity contribution in [3.63, 3.8) is 0 Å². The summed E-state index contributed by atoms with van der Waals surface area (Å²) < 4.78 is 16.7. The van der Waals surface area contributed by atoms with Gasteiger partial charge in [0.05, 0.1) is 29.2 Å². The van der Waals surface area contributed by atoms with Crippen LogP contribution < -0.4 is 9.47 Å². The van der Waals surface area contributed by atoms with Crippen LogP contribution in [0.15, 0.2) is 21.5 Å². The molecule has 1 aliphatic heterocycles. The number of imide groups is 1. The second-order valence-electron chi connectivity index (χ2n) is 5.27. The van der Waals surface area contributed by atoms with E-state index in [9.17, 15) is 14.4 Å². The van der Waals surface area contributed by atoms with Gasteiger partial charge in [-0.15, -0.1) is 0 Å². The Labute approximate surface area is 170 Å². The Bertz CT molecular complexity index is 779. The van der Waals surface area contributed by atoms with E-state index < -0.39 is 23.7 Å². The molecule has 0 unspecified atom stereocenters. The quantitative estimate of drug-likeness (QED) is 0.432. The zero-order chi connectivity index (χ0) is 20.0. The van der Waals surface area contributed by atoms with Gasteiger partial charge in [0.1, 0.15) is 6.54 Å². The molecule has 0 aliphatic carbocycles. The maximum Gasteiger partial charge on any atom is 0.326 e. The number of benzene rings is 1. The van der Waals surface area contributed by atoms with E-state index in [1.807, 2.05) is 13.8 Å². The van der Waals surface area contributed by atoms with Gasteiger partial charge < -0.3 is 14.2 Å². The average Bonchev–Trinajstić information content (AvgIpc) is 2.86. The summed E-state index contributed by atoms with van der Waals surface area (Å²) in [4.78, 5) is 37.2. The number of hydrogen-bond donors (Lipinski definition) is 0. The number of carbonyl (C=O) groups is 3. The van der Waals surface area contributed by atoms with Crippen molar-refractivity contribution in [1.29, 1.82) is 0 Å². The fourth-order valence-corrected chi connectivity index (χ4v) is 3.75. The molecule has 0 atom stereocenters. The van der Waals surface area contributed by atoms with Crippen LogP contribution in [0.2, 0.25) is 0 Å². The Balaban J connectivity index is 2.29. The van der Waals surface area contributed by atoms with Crippen molar-refractivity contribution in [3.8, 4) is 11.5 Å². The zero-order valence-electron chi connectivity index (χ0n) is 15.2. The molecule has 0 spiro atoms. The van der Waals surface area contributed by atoms with Crippen LogP contribution in [-0.4, -0.2) is 48.4 Å². The fourth-order valence-electron chi connectivity index (χ4n) is 2.34. The van der Waals surface area contributed by atoms with Gasteiger partial charge in [-0.1, -0.05) is 0 Å². The maximum absolute atomic E-state index is 12.5. The van der Waals surface area contributed by atoms with Gasteiger partial charge in [-0.2, -0.15) is 0 Å². The highest BCUT2D eigenvalue weighted by Crippen LogP contribution is 2.39. The molecule has 1 heterocycles. The molecule has 1 aromatic rings. The molecule has 1 saturated heterocycles. The van der Waals surface area contributed by atoms with Crippen LogP contribution in [-0.2, 0) is 14.3 Å². The predicted octanol–water partition coefficient (Wildman–Crippen LogP) is 3.85. The van der Waals surface area contributed by atoms with Crippen molar-refractivity contribution >= 4 is 50.9 Å². The second-order valence-corrected chi connectivity index (χ2v) is 7.12. The molecule has 1 aromatic carbocycles. The predicted molar refractivity (Wildman–Crippen MR) is 106 cm³/mol. The molecule has 146 valence electrons. The SMILES string of the molecule is CCOC(=O)CN1C(=O)S/C(=C/c2cc(Br)c(OCC)c(OCC)c2)C1=O. The third kappa shape index (κ3) is 5.26. The largest absolute Gasteiger partial charge is 0.490 e. The topological polar surface area (TPSA) is 82.1 Å². The van der Waals surface area contributed by atoms with E-state index in [-0.39, 0.29) is 11.5 Å². The summed E-state index contributed by atoms with van der Waals surface area (Å²) in [5.41, 5.74) is 0.662. The summed E-state index contributed by atoms with van der Waals surface area (Å²) in [6, 6.07) is 3.51. The molecule has 2 rings (SSSR count). The van der Waals surface area contributed by atoms with Crippen LogP contribution in [0.25, 0.3) is 6.08 Å². The lowest BCUT2D eigenvalue weighted by Crippen LogP contribution is -2.34. The third-order valence-electron chi connectivity index (χ3n) is 3.38. The highest BCUT2D eigenvalue weighted by atomic mass is 79.9. The zero-order valence-corrected chi connectivity index (χ0v) is 17.6. The van der Waals surface area contributed by atoms with Crippen LogP contribution in [0.1, 0.15) is 26.3 Å². The Morgan fingerprint density at radius 1 is 1.15 bits per heavy atom. The van der Waals surface area contributed by atoms with Crippen LogP contribution in [0.3, 0.4) is 0 Å². The van der Waals surface area contributed by atoms with E-state index in [1.54, 1.807) is 25.1 Å². The molecule has 0 radical (unpaired) electrons. The van der Waals surface area contributed by atoms with Crippen LogP contribution in [0, 0.1) is 0 Å². The van der Waals surface area contributed by atoms with Crippen LogP contribution in [0.5, 0.6) is 11.5 Å². The Morgan fingerprint density at radius 2 is 1.85 bits per heavy atom. The highest BCUT2D eigenvalue weighted by molar-refractivity contribution is 9.10. The molecule has 9 heteroatoms. The Kier molecular flexibility index (Phi) is 7.73. The Hall–Kier alpha value is -2.00. The van der Waals surface area contributed by atoms with Gasteiger partial charge in [0.2, 0.25) is 0 Å². The molecular weight excluding hydrogens is 438 g/mol. The lowest BCUT2D eigenvalue weighted by Gasteiger charge is -2.13. The molecule has 2 amide bonds. The summed E-state index contributed by atoms with van der Waals surface area (Å²) in [6.45, 7) is 6.10. The molecule has 1 fully saturated rings. The maximum atomic E-state index is 12.5. The van der Waals surface area contributed by atoms with E-state index in [1.165, 1.54) is 0 Å². The minimum absolute atomic E-state index is 0.186. The highest BCUT2D eigenvalue weighted by Gasteiger charge is 2.36. The lowest BCUT2D eigenvalue weighted by molar-refractivity contribution is -0.145. The summed E-state index contributed by atoms with van der Waals surface area (Å²) >= 11 is 4.22. The van der Waals surface area contributed by atoms with Crippen molar-refractivity contribution in [3.05, 3.63) is 27.1 Å². The standard InChI is InChI=1S/C18H20BrNO6S/c1-4-24-13-8-11(7-12(19)16(13)26-6-3)9-14-17(22)20(18(23)27-14)10-15(21)25-5-2/h7-9H,4-6,10H2,1-3H3/b14-9+. The van der Waals surface area contributed by atoms with E-state index in [2.05, 4.69) is 15.9 Å². The monoisotopic (exact) mass is 457 g/mol. The molecule has 1 aliphatic rings. The molecule has 0 N–H and O–H groups in total. The smallest absolute Gasteiger partial charge is 0.326 e. The number of thioether (sulfide) groups is 1. The van der Waals surface area contributed by atoms with Crippen LogP contribution >= 0.6 is 27.7 Å². The van der Waals surface area contributed by atoms with Crippen molar-refractivity contribution in [1.82, 2.24) is 4.90 Å². The Morgan fingerprint density at radius 3 is 2.48 bits per heavy atom.